The molecule has 0 aliphatic carbocycles. The Morgan fingerprint density at radius 1 is 1.33 bits per heavy atom. The molecule has 2 heteroatoms. The summed E-state index contributed by atoms with van der Waals surface area (Å²) in [7, 11) is 0. The predicted molar refractivity (Wildman–Crippen MR) is 93.5 cm³/mol. The first-order chi connectivity index (χ1) is 10.2. The fraction of sp³-hybridized carbons (Fsp3) is 0.105. The average Bonchev–Trinajstić information content (AvgIpc) is 2.65. The Morgan fingerprint density at radius 2 is 2.14 bits per heavy atom. The lowest BCUT2D eigenvalue weighted by atomic mass is 10.0. The first-order valence-electron chi connectivity index (χ1n) is 6.93. The van der Waals surface area contributed by atoms with Crippen LogP contribution in [0.2, 0.25) is 0 Å². The summed E-state index contributed by atoms with van der Waals surface area (Å²) in [5, 5.41) is 0. The van der Waals surface area contributed by atoms with E-state index in [2.05, 4.69) is 36.4 Å². The molecule has 0 aromatic heterocycles. The van der Waals surface area contributed by atoms with Crippen LogP contribution in [0.25, 0.3) is 11.6 Å². The van der Waals surface area contributed by atoms with Crippen molar-refractivity contribution in [1.29, 1.82) is 0 Å². The van der Waals surface area contributed by atoms with Gasteiger partial charge in [0.2, 0.25) is 0 Å². The van der Waals surface area contributed by atoms with E-state index in [1.54, 1.807) is 0 Å². The Hall–Kier alpha value is -2.61. The van der Waals surface area contributed by atoms with Gasteiger partial charge in [0.25, 0.3) is 0 Å². The van der Waals surface area contributed by atoms with E-state index >= 15 is 0 Å². The van der Waals surface area contributed by atoms with Crippen LogP contribution in [0, 0.1) is 0 Å². The SMILES string of the molecule is C=CC1=Cc2ccc(/C(C=C)=C/C=C\C)cc2N=C(N)C1. The van der Waals surface area contributed by atoms with Gasteiger partial charge in [0, 0.05) is 12.0 Å². The topological polar surface area (TPSA) is 38.4 Å². The molecule has 1 aromatic rings. The molecule has 1 aliphatic heterocycles. The first kappa shape index (κ1) is 14.8. The summed E-state index contributed by atoms with van der Waals surface area (Å²) in [5.74, 6) is 0.606. The summed E-state index contributed by atoms with van der Waals surface area (Å²) in [6.45, 7) is 9.68. The van der Waals surface area contributed by atoms with Crippen molar-refractivity contribution in [3.8, 4) is 0 Å². The van der Waals surface area contributed by atoms with Gasteiger partial charge in [-0.15, -0.1) is 0 Å². The third-order valence-corrected chi connectivity index (χ3v) is 3.30. The van der Waals surface area contributed by atoms with Crippen molar-refractivity contribution >= 4 is 23.2 Å². The smallest absolute Gasteiger partial charge is 0.104 e. The summed E-state index contributed by atoms with van der Waals surface area (Å²) in [6, 6.07) is 6.18. The Kier molecular flexibility index (Phi) is 4.72. The van der Waals surface area contributed by atoms with Crippen LogP contribution in [0.1, 0.15) is 24.5 Å². The van der Waals surface area contributed by atoms with Crippen LogP contribution in [-0.4, -0.2) is 5.84 Å². The molecule has 2 nitrogen and oxygen atoms in total. The van der Waals surface area contributed by atoms with Gasteiger partial charge in [-0.25, -0.2) is 4.99 Å². The Morgan fingerprint density at radius 3 is 2.81 bits per heavy atom. The first-order valence-corrected chi connectivity index (χ1v) is 6.93. The van der Waals surface area contributed by atoms with Gasteiger partial charge < -0.3 is 5.73 Å². The third-order valence-electron chi connectivity index (χ3n) is 3.30. The van der Waals surface area contributed by atoms with Crippen LogP contribution in [0.15, 0.2) is 72.3 Å². The van der Waals surface area contributed by atoms with Crippen molar-refractivity contribution < 1.29 is 0 Å². The number of fused-ring (bicyclic) bond motifs is 1. The molecule has 1 heterocycles. The number of rotatable bonds is 4. The second-order valence-corrected chi connectivity index (χ2v) is 4.83. The normalized spacial score (nSPS) is 15.0. The molecule has 1 aliphatic rings. The lowest BCUT2D eigenvalue weighted by molar-refractivity contribution is 1.32. The molecule has 0 radical (unpaired) electrons. The second kappa shape index (κ2) is 6.71. The summed E-state index contributed by atoms with van der Waals surface area (Å²) in [4.78, 5) is 4.51. The zero-order valence-corrected chi connectivity index (χ0v) is 12.3. The van der Waals surface area contributed by atoms with E-state index in [1.165, 1.54) is 0 Å². The number of hydrogen-bond acceptors (Lipinski definition) is 2. The van der Waals surface area contributed by atoms with Gasteiger partial charge in [-0.05, 0) is 35.8 Å². The highest BCUT2D eigenvalue weighted by atomic mass is 14.9. The number of benzene rings is 1. The molecule has 106 valence electrons. The average molecular weight is 276 g/mol. The molecular weight excluding hydrogens is 256 g/mol. The Balaban J connectivity index is 2.53. The molecule has 0 spiro atoms. The van der Waals surface area contributed by atoms with Gasteiger partial charge >= 0.3 is 0 Å². The monoisotopic (exact) mass is 276 g/mol. The molecule has 21 heavy (non-hydrogen) atoms. The number of allylic oxidation sites excluding steroid dienone is 6. The minimum absolute atomic E-state index is 0.606. The van der Waals surface area contributed by atoms with Crippen molar-refractivity contribution in [2.24, 2.45) is 10.7 Å². The molecule has 0 bridgehead atoms. The maximum absolute atomic E-state index is 5.97. The van der Waals surface area contributed by atoms with Crippen LogP contribution < -0.4 is 5.73 Å². The quantitative estimate of drug-likeness (QED) is 0.789. The molecule has 2 rings (SSSR count). The molecular formula is C19H20N2. The highest BCUT2D eigenvalue weighted by molar-refractivity contribution is 5.91. The zero-order chi connectivity index (χ0) is 15.2. The standard InChI is InChI=1S/C19H20N2/c1-4-7-8-15(6-3)16-9-10-17-11-14(5-2)12-19(20)21-18(17)13-16/h4-11,13H,2-3,12H2,1H3,(H2,20,21)/b7-4-,15-8+. The summed E-state index contributed by atoms with van der Waals surface area (Å²) < 4.78 is 0. The minimum atomic E-state index is 0.606. The van der Waals surface area contributed by atoms with E-state index in [9.17, 15) is 0 Å². The van der Waals surface area contributed by atoms with Crippen LogP contribution >= 0.6 is 0 Å². The van der Waals surface area contributed by atoms with Crippen LogP contribution in [-0.2, 0) is 0 Å². The lowest BCUT2D eigenvalue weighted by Crippen LogP contribution is -2.10. The van der Waals surface area contributed by atoms with Gasteiger partial charge in [-0.3, -0.25) is 0 Å². The van der Waals surface area contributed by atoms with Crippen LogP contribution in [0.4, 0.5) is 5.69 Å². The molecule has 0 unspecified atom stereocenters. The van der Waals surface area contributed by atoms with Crippen molar-refractivity contribution in [2.75, 3.05) is 0 Å². The molecule has 1 aromatic carbocycles. The Bertz CT molecular complexity index is 686. The molecule has 0 atom stereocenters. The maximum Gasteiger partial charge on any atom is 0.104 e. The zero-order valence-electron chi connectivity index (χ0n) is 12.3. The molecule has 0 saturated carbocycles. The van der Waals surface area contributed by atoms with Crippen molar-refractivity contribution in [1.82, 2.24) is 0 Å². The fourth-order valence-corrected chi connectivity index (χ4v) is 2.21. The minimum Gasteiger partial charge on any atom is -0.387 e. The van der Waals surface area contributed by atoms with Crippen molar-refractivity contribution in [2.45, 2.75) is 13.3 Å². The second-order valence-electron chi connectivity index (χ2n) is 4.83. The van der Waals surface area contributed by atoms with Gasteiger partial charge in [0.15, 0.2) is 0 Å². The number of hydrogen-bond donors (Lipinski definition) is 1. The molecule has 2 N–H and O–H groups in total. The van der Waals surface area contributed by atoms with Gasteiger partial charge in [0.1, 0.15) is 5.84 Å². The summed E-state index contributed by atoms with van der Waals surface area (Å²) >= 11 is 0. The third kappa shape index (κ3) is 3.48. The highest BCUT2D eigenvalue weighted by Gasteiger charge is 2.09. The summed E-state index contributed by atoms with van der Waals surface area (Å²) in [6.07, 6.45) is 12.4. The van der Waals surface area contributed by atoms with Gasteiger partial charge in [-0.1, -0.05) is 55.7 Å². The number of amidine groups is 1. The van der Waals surface area contributed by atoms with E-state index in [4.69, 9.17) is 5.73 Å². The number of aliphatic imine (C=N–C) groups is 1. The van der Waals surface area contributed by atoms with Crippen LogP contribution in [0.5, 0.6) is 0 Å². The maximum atomic E-state index is 5.97. The molecule has 0 fully saturated rings. The Labute approximate surface area is 126 Å². The molecule has 0 saturated heterocycles. The lowest BCUT2D eigenvalue weighted by Gasteiger charge is -2.06. The van der Waals surface area contributed by atoms with E-state index in [1.807, 2.05) is 43.4 Å². The summed E-state index contributed by atoms with van der Waals surface area (Å²) in [5.41, 5.74) is 11.1. The fourth-order valence-electron chi connectivity index (χ4n) is 2.21. The number of nitrogens with zero attached hydrogens (tertiary/aromatic N) is 1. The van der Waals surface area contributed by atoms with Crippen LogP contribution in [0.3, 0.4) is 0 Å². The van der Waals surface area contributed by atoms with E-state index in [-0.39, 0.29) is 0 Å². The largest absolute Gasteiger partial charge is 0.387 e. The van der Waals surface area contributed by atoms with E-state index < -0.39 is 0 Å². The highest BCUT2D eigenvalue weighted by Crippen LogP contribution is 2.30. The van der Waals surface area contributed by atoms with E-state index in [0.29, 0.717) is 12.3 Å². The van der Waals surface area contributed by atoms with Crippen molar-refractivity contribution in [3.63, 3.8) is 0 Å². The predicted octanol–water partition coefficient (Wildman–Crippen LogP) is 4.79. The van der Waals surface area contributed by atoms with Gasteiger partial charge in [0.05, 0.1) is 5.69 Å². The van der Waals surface area contributed by atoms with E-state index in [0.717, 1.165) is 28.0 Å². The number of nitrogens with two attached hydrogens (primary N) is 1. The van der Waals surface area contributed by atoms with Crippen molar-refractivity contribution in [3.05, 3.63) is 78.4 Å². The van der Waals surface area contributed by atoms with Gasteiger partial charge in [-0.2, -0.15) is 0 Å². The molecule has 0 amide bonds.